The fourth-order valence-electron chi connectivity index (χ4n) is 2.66. The summed E-state index contributed by atoms with van der Waals surface area (Å²) in [6.07, 6.45) is -0.214. The molecule has 136 valence electrons. The van der Waals surface area contributed by atoms with Crippen LogP contribution >= 0.6 is 0 Å². The van der Waals surface area contributed by atoms with Gasteiger partial charge in [0, 0.05) is 25.2 Å². The highest BCUT2D eigenvalue weighted by Gasteiger charge is 2.20. The monoisotopic (exact) mass is 354 g/mol. The minimum Gasteiger partial charge on any atom is -0.481 e. The van der Waals surface area contributed by atoms with Crippen molar-refractivity contribution < 1.29 is 19.5 Å². The molecule has 0 bridgehead atoms. The minimum atomic E-state index is -0.995. The average Bonchev–Trinajstić information content (AvgIpc) is 2.60. The SMILES string of the molecule is Cc1ccccc1C(CC(=O)O)NC(=O)c1ccc(C(=O)N(C)C)cc1. The van der Waals surface area contributed by atoms with Crippen molar-refractivity contribution in [3.8, 4) is 0 Å². The van der Waals surface area contributed by atoms with Crippen molar-refractivity contribution >= 4 is 17.8 Å². The zero-order chi connectivity index (χ0) is 19.3. The number of hydrogen-bond donors (Lipinski definition) is 2. The maximum Gasteiger partial charge on any atom is 0.305 e. The summed E-state index contributed by atoms with van der Waals surface area (Å²) >= 11 is 0. The predicted octanol–water partition coefficient (Wildman–Crippen LogP) is 2.64. The van der Waals surface area contributed by atoms with E-state index in [1.54, 1.807) is 38.4 Å². The molecule has 1 atom stereocenters. The van der Waals surface area contributed by atoms with E-state index in [4.69, 9.17) is 0 Å². The second kappa shape index (κ2) is 8.29. The summed E-state index contributed by atoms with van der Waals surface area (Å²) < 4.78 is 0. The zero-order valence-electron chi connectivity index (χ0n) is 15.0. The number of aliphatic carboxylic acids is 1. The third-order valence-electron chi connectivity index (χ3n) is 4.05. The maximum absolute atomic E-state index is 12.5. The molecule has 0 saturated carbocycles. The second-order valence-corrected chi connectivity index (χ2v) is 6.26. The number of rotatable bonds is 6. The summed E-state index contributed by atoms with van der Waals surface area (Å²) in [7, 11) is 3.31. The van der Waals surface area contributed by atoms with Crippen LogP contribution in [-0.2, 0) is 4.79 Å². The highest BCUT2D eigenvalue weighted by Crippen LogP contribution is 2.21. The van der Waals surface area contributed by atoms with Gasteiger partial charge in [-0.15, -0.1) is 0 Å². The first kappa shape index (κ1) is 19.2. The standard InChI is InChI=1S/C20H22N2O4/c1-13-6-4-5-7-16(13)17(12-18(23)24)21-19(25)14-8-10-15(11-9-14)20(26)22(2)3/h4-11,17H,12H2,1-3H3,(H,21,25)(H,23,24). The van der Waals surface area contributed by atoms with Crippen LogP contribution in [0.3, 0.4) is 0 Å². The van der Waals surface area contributed by atoms with Crippen LogP contribution in [0.15, 0.2) is 48.5 Å². The van der Waals surface area contributed by atoms with Gasteiger partial charge in [-0.05, 0) is 42.3 Å². The highest BCUT2D eigenvalue weighted by atomic mass is 16.4. The topological polar surface area (TPSA) is 86.7 Å². The van der Waals surface area contributed by atoms with Crippen LogP contribution in [0.1, 0.15) is 44.3 Å². The molecule has 0 aliphatic heterocycles. The Bertz CT molecular complexity index is 813. The van der Waals surface area contributed by atoms with Gasteiger partial charge in [-0.25, -0.2) is 0 Å². The zero-order valence-corrected chi connectivity index (χ0v) is 15.0. The van der Waals surface area contributed by atoms with E-state index in [2.05, 4.69) is 5.32 Å². The van der Waals surface area contributed by atoms with Gasteiger partial charge in [0.25, 0.3) is 11.8 Å². The number of hydrogen-bond acceptors (Lipinski definition) is 3. The minimum absolute atomic E-state index is 0.152. The molecule has 2 rings (SSSR count). The highest BCUT2D eigenvalue weighted by molar-refractivity contribution is 5.98. The summed E-state index contributed by atoms with van der Waals surface area (Å²) in [4.78, 5) is 37.1. The first-order valence-corrected chi connectivity index (χ1v) is 8.19. The van der Waals surface area contributed by atoms with Gasteiger partial charge in [-0.2, -0.15) is 0 Å². The Hall–Kier alpha value is -3.15. The second-order valence-electron chi connectivity index (χ2n) is 6.26. The summed E-state index contributed by atoms with van der Waals surface area (Å²) in [5, 5.41) is 12.0. The fourth-order valence-corrected chi connectivity index (χ4v) is 2.66. The van der Waals surface area contributed by atoms with E-state index in [0.29, 0.717) is 11.1 Å². The van der Waals surface area contributed by atoms with Gasteiger partial charge in [0.05, 0.1) is 12.5 Å². The van der Waals surface area contributed by atoms with Crippen LogP contribution in [0.5, 0.6) is 0 Å². The van der Waals surface area contributed by atoms with Crippen molar-refractivity contribution in [2.75, 3.05) is 14.1 Å². The Balaban J connectivity index is 2.20. The Morgan fingerprint density at radius 2 is 1.58 bits per heavy atom. The van der Waals surface area contributed by atoms with Crippen molar-refractivity contribution in [1.82, 2.24) is 10.2 Å². The Morgan fingerprint density at radius 1 is 1.00 bits per heavy atom. The van der Waals surface area contributed by atoms with E-state index in [9.17, 15) is 19.5 Å². The summed E-state index contributed by atoms with van der Waals surface area (Å²) in [5.41, 5.74) is 2.52. The number of carbonyl (C=O) groups excluding carboxylic acids is 2. The number of amides is 2. The molecule has 0 heterocycles. The molecule has 0 aliphatic carbocycles. The molecule has 6 heteroatoms. The number of carboxylic acids is 1. The van der Waals surface area contributed by atoms with Crippen molar-refractivity contribution in [3.05, 3.63) is 70.8 Å². The van der Waals surface area contributed by atoms with Crippen LogP contribution in [0.4, 0.5) is 0 Å². The van der Waals surface area contributed by atoms with Crippen LogP contribution in [-0.4, -0.2) is 41.9 Å². The number of aryl methyl sites for hydroxylation is 1. The number of nitrogens with zero attached hydrogens (tertiary/aromatic N) is 1. The van der Waals surface area contributed by atoms with Crippen LogP contribution < -0.4 is 5.32 Å². The lowest BCUT2D eigenvalue weighted by molar-refractivity contribution is -0.137. The van der Waals surface area contributed by atoms with Gasteiger partial charge in [0.2, 0.25) is 0 Å². The number of carbonyl (C=O) groups is 3. The van der Waals surface area contributed by atoms with Crippen LogP contribution in [0.2, 0.25) is 0 Å². The predicted molar refractivity (Wildman–Crippen MR) is 98.1 cm³/mol. The Kier molecular flexibility index (Phi) is 6.11. The number of benzene rings is 2. The molecule has 0 saturated heterocycles. The normalized spacial score (nSPS) is 11.5. The molecule has 26 heavy (non-hydrogen) atoms. The smallest absolute Gasteiger partial charge is 0.305 e. The molecule has 2 aromatic rings. The van der Waals surface area contributed by atoms with Gasteiger partial charge < -0.3 is 15.3 Å². The molecule has 2 aromatic carbocycles. The molecule has 0 spiro atoms. The van der Waals surface area contributed by atoms with Gasteiger partial charge in [-0.3, -0.25) is 14.4 Å². The van der Waals surface area contributed by atoms with Crippen LogP contribution in [0, 0.1) is 6.92 Å². The lowest BCUT2D eigenvalue weighted by atomic mass is 9.98. The molecule has 0 aromatic heterocycles. The van der Waals surface area contributed by atoms with Crippen molar-refractivity contribution in [2.24, 2.45) is 0 Å². The van der Waals surface area contributed by atoms with E-state index < -0.39 is 12.0 Å². The summed E-state index contributed by atoms with van der Waals surface area (Å²) in [6.45, 7) is 1.87. The lowest BCUT2D eigenvalue weighted by Crippen LogP contribution is -2.30. The van der Waals surface area contributed by atoms with E-state index in [1.807, 2.05) is 31.2 Å². The van der Waals surface area contributed by atoms with E-state index in [-0.39, 0.29) is 18.2 Å². The fraction of sp³-hybridized carbons (Fsp3) is 0.250. The third kappa shape index (κ3) is 4.69. The first-order valence-electron chi connectivity index (χ1n) is 8.19. The molecule has 2 N–H and O–H groups in total. The Morgan fingerprint density at radius 3 is 2.12 bits per heavy atom. The van der Waals surface area contributed by atoms with Crippen molar-refractivity contribution in [1.29, 1.82) is 0 Å². The average molecular weight is 354 g/mol. The van der Waals surface area contributed by atoms with Crippen molar-refractivity contribution in [2.45, 2.75) is 19.4 Å². The van der Waals surface area contributed by atoms with Gasteiger partial charge in [0.15, 0.2) is 0 Å². The molecular weight excluding hydrogens is 332 g/mol. The number of carboxylic acid groups (broad SMARTS) is 1. The third-order valence-corrected chi connectivity index (χ3v) is 4.05. The molecule has 6 nitrogen and oxygen atoms in total. The molecule has 2 amide bonds. The maximum atomic E-state index is 12.5. The van der Waals surface area contributed by atoms with E-state index >= 15 is 0 Å². The molecule has 1 unspecified atom stereocenters. The molecule has 0 aliphatic rings. The summed E-state index contributed by atoms with van der Waals surface area (Å²) in [5.74, 6) is -1.53. The Labute approximate surface area is 152 Å². The van der Waals surface area contributed by atoms with Gasteiger partial charge >= 0.3 is 5.97 Å². The lowest BCUT2D eigenvalue weighted by Gasteiger charge is -2.19. The van der Waals surface area contributed by atoms with E-state index in [1.165, 1.54) is 4.90 Å². The van der Waals surface area contributed by atoms with Crippen molar-refractivity contribution in [3.63, 3.8) is 0 Å². The molecule has 0 fully saturated rings. The first-order chi connectivity index (χ1) is 12.3. The van der Waals surface area contributed by atoms with Gasteiger partial charge in [0.1, 0.15) is 0 Å². The molecular formula is C20H22N2O4. The number of nitrogens with one attached hydrogen (secondary N) is 1. The molecule has 0 radical (unpaired) electrons. The largest absolute Gasteiger partial charge is 0.481 e. The van der Waals surface area contributed by atoms with E-state index in [0.717, 1.165) is 11.1 Å². The van der Waals surface area contributed by atoms with Crippen LogP contribution in [0.25, 0.3) is 0 Å². The summed E-state index contributed by atoms with van der Waals surface area (Å²) in [6, 6.07) is 13.0. The quantitative estimate of drug-likeness (QED) is 0.835. The van der Waals surface area contributed by atoms with Gasteiger partial charge in [-0.1, -0.05) is 24.3 Å².